The summed E-state index contributed by atoms with van der Waals surface area (Å²) in [5, 5.41) is 3.67. The van der Waals surface area contributed by atoms with Gasteiger partial charge in [-0.3, -0.25) is 0 Å². The molecular formula is C18H31N. The zero-order valence-electron chi connectivity index (χ0n) is 13.6. The Labute approximate surface area is 119 Å². The van der Waals surface area contributed by atoms with Gasteiger partial charge in [0.25, 0.3) is 0 Å². The zero-order chi connectivity index (χ0) is 14.5. The van der Waals surface area contributed by atoms with E-state index in [1.54, 1.807) is 0 Å². The van der Waals surface area contributed by atoms with E-state index >= 15 is 0 Å². The van der Waals surface area contributed by atoms with Crippen molar-refractivity contribution in [3.8, 4) is 0 Å². The molecule has 0 saturated carbocycles. The molecular weight excluding hydrogens is 230 g/mol. The van der Waals surface area contributed by atoms with Crippen LogP contribution in [-0.4, -0.2) is 5.54 Å². The van der Waals surface area contributed by atoms with Gasteiger partial charge in [0, 0.05) is 11.2 Å². The van der Waals surface area contributed by atoms with Crippen LogP contribution in [-0.2, 0) is 5.41 Å². The molecule has 0 aliphatic heterocycles. The number of nitrogens with one attached hydrogen (secondary N) is 1. The van der Waals surface area contributed by atoms with E-state index in [1.165, 1.54) is 24.1 Å². The van der Waals surface area contributed by atoms with Gasteiger partial charge in [0.05, 0.1) is 0 Å². The first-order chi connectivity index (χ1) is 8.93. The SMILES string of the molecule is CCC(C)(CC)Nc1ccc(C(C)(CC)CC)cc1. The van der Waals surface area contributed by atoms with Gasteiger partial charge in [-0.15, -0.1) is 0 Å². The van der Waals surface area contributed by atoms with Crippen molar-refractivity contribution in [2.45, 2.75) is 78.2 Å². The highest BCUT2D eigenvalue weighted by Gasteiger charge is 2.23. The van der Waals surface area contributed by atoms with Crippen LogP contribution in [0.5, 0.6) is 0 Å². The molecule has 0 saturated heterocycles. The molecule has 1 aromatic rings. The average Bonchev–Trinajstić information content (AvgIpc) is 2.47. The minimum absolute atomic E-state index is 0.209. The number of rotatable bonds is 7. The molecule has 0 heterocycles. The molecule has 0 atom stereocenters. The minimum atomic E-state index is 0.209. The first-order valence-electron chi connectivity index (χ1n) is 7.81. The van der Waals surface area contributed by atoms with E-state index in [2.05, 4.69) is 71.1 Å². The van der Waals surface area contributed by atoms with Gasteiger partial charge < -0.3 is 5.32 Å². The maximum Gasteiger partial charge on any atom is 0.0344 e. The normalized spacial score (nSPS) is 12.5. The Bertz CT molecular complexity index is 369. The molecule has 1 N–H and O–H groups in total. The van der Waals surface area contributed by atoms with Crippen LogP contribution in [0.15, 0.2) is 24.3 Å². The van der Waals surface area contributed by atoms with Gasteiger partial charge in [0.15, 0.2) is 0 Å². The molecule has 0 aromatic heterocycles. The molecule has 0 fully saturated rings. The second-order valence-electron chi connectivity index (χ2n) is 6.24. The summed E-state index contributed by atoms with van der Waals surface area (Å²) in [5.74, 6) is 0. The van der Waals surface area contributed by atoms with E-state index in [9.17, 15) is 0 Å². The summed E-state index contributed by atoms with van der Waals surface area (Å²) in [5.41, 5.74) is 3.22. The molecule has 1 heteroatoms. The van der Waals surface area contributed by atoms with Crippen LogP contribution >= 0.6 is 0 Å². The molecule has 19 heavy (non-hydrogen) atoms. The van der Waals surface area contributed by atoms with Gasteiger partial charge in [-0.05, 0) is 55.7 Å². The smallest absolute Gasteiger partial charge is 0.0344 e. The Balaban J connectivity index is 2.88. The van der Waals surface area contributed by atoms with Crippen LogP contribution in [0.3, 0.4) is 0 Å². The van der Waals surface area contributed by atoms with Crippen molar-refractivity contribution in [1.29, 1.82) is 0 Å². The van der Waals surface area contributed by atoms with Gasteiger partial charge >= 0.3 is 0 Å². The number of hydrogen-bond donors (Lipinski definition) is 1. The van der Waals surface area contributed by atoms with Gasteiger partial charge in [-0.2, -0.15) is 0 Å². The largest absolute Gasteiger partial charge is 0.380 e. The van der Waals surface area contributed by atoms with E-state index < -0.39 is 0 Å². The van der Waals surface area contributed by atoms with E-state index in [0.717, 1.165) is 12.8 Å². The lowest BCUT2D eigenvalue weighted by atomic mass is 9.78. The lowest BCUT2D eigenvalue weighted by Gasteiger charge is -2.31. The second kappa shape index (κ2) is 6.45. The predicted molar refractivity (Wildman–Crippen MR) is 87.0 cm³/mol. The lowest BCUT2D eigenvalue weighted by Crippen LogP contribution is -2.32. The van der Waals surface area contributed by atoms with Crippen molar-refractivity contribution in [3.05, 3.63) is 29.8 Å². The van der Waals surface area contributed by atoms with Crippen LogP contribution in [0.1, 0.15) is 72.8 Å². The van der Waals surface area contributed by atoms with Crippen LogP contribution in [0.4, 0.5) is 5.69 Å². The highest BCUT2D eigenvalue weighted by molar-refractivity contribution is 5.47. The first-order valence-corrected chi connectivity index (χ1v) is 7.81. The van der Waals surface area contributed by atoms with Crippen LogP contribution in [0, 0.1) is 0 Å². The average molecular weight is 261 g/mol. The summed E-state index contributed by atoms with van der Waals surface area (Å²) < 4.78 is 0. The van der Waals surface area contributed by atoms with Gasteiger partial charge in [0.1, 0.15) is 0 Å². The van der Waals surface area contributed by atoms with Crippen molar-refractivity contribution in [3.63, 3.8) is 0 Å². The Morgan fingerprint density at radius 3 is 1.63 bits per heavy atom. The first kappa shape index (κ1) is 16.1. The maximum absolute atomic E-state index is 3.67. The van der Waals surface area contributed by atoms with Crippen molar-refractivity contribution < 1.29 is 0 Å². The molecule has 1 rings (SSSR count). The Morgan fingerprint density at radius 1 is 0.789 bits per heavy atom. The number of anilines is 1. The van der Waals surface area contributed by atoms with Crippen LogP contribution in [0.2, 0.25) is 0 Å². The lowest BCUT2D eigenvalue weighted by molar-refractivity contribution is 0.439. The number of hydrogen-bond acceptors (Lipinski definition) is 1. The van der Waals surface area contributed by atoms with Gasteiger partial charge in [-0.1, -0.05) is 46.8 Å². The molecule has 0 unspecified atom stereocenters. The van der Waals surface area contributed by atoms with Gasteiger partial charge in [0.2, 0.25) is 0 Å². The summed E-state index contributed by atoms with van der Waals surface area (Å²) in [7, 11) is 0. The van der Waals surface area contributed by atoms with Crippen molar-refractivity contribution in [2.24, 2.45) is 0 Å². The third-order valence-electron chi connectivity index (χ3n) is 5.15. The van der Waals surface area contributed by atoms with E-state index in [1.807, 2.05) is 0 Å². The van der Waals surface area contributed by atoms with E-state index in [0.29, 0.717) is 5.41 Å². The topological polar surface area (TPSA) is 12.0 Å². The molecule has 1 aromatic carbocycles. The summed E-state index contributed by atoms with van der Waals surface area (Å²) >= 11 is 0. The fourth-order valence-corrected chi connectivity index (χ4v) is 2.39. The third kappa shape index (κ3) is 3.75. The third-order valence-corrected chi connectivity index (χ3v) is 5.15. The summed E-state index contributed by atoms with van der Waals surface area (Å²) in [6.07, 6.45) is 4.68. The fourth-order valence-electron chi connectivity index (χ4n) is 2.39. The predicted octanol–water partition coefficient (Wildman–Crippen LogP) is 5.75. The Morgan fingerprint density at radius 2 is 1.26 bits per heavy atom. The second-order valence-corrected chi connectivity index (χ2v) is 6.24. The summed E-state index contributed by atoms with van der Waals surface area (Å²) in [4.78, 5) is 0. The molecule has 0 amide bonds. The molecule has 108 valence electrons. The quantitative estimate of drug-likeness (QED) is 0.658. The standard InChI is InChI=1S/C18H31N/c1-7-17(5,8-2)15-11-13-16(14-12-15)19-18(6,9-3)10-4/h11-14,19H,7-10H2,1-6H3. The zero-order valence-corrected chi connectivity index (χ0v) is 13.6. The maximum atomic E-state index is 3.67. The van der Waals surface area contributed by atoms with E-state index in [-0.39, 0.29) is 5.54 Å². The van der Waals surface area contributed by atoms with Crippen molar-refractivity contribution >= 4 is 5.69 Å². The van der Waals surface area contributed by atoms with Crippen LogP contribution < -0.4 is 5.32 Å². The molecule has 1 nitrogen and oxygen atoms in total. The monoisotopic (exact) mass is 261 g/mol. The molecule has 0 aliphatic carbocycles. The van der Waals surface area contributed by atoms with Crippen molar-refractivity contribution in [2.75, 3.05) is 5.32 Å². The van der Waals surface area contributed by atoms with Crippen molar-refractivity contribution in [1.82, 2.24) is 0 Å². The van der Waals surface area contributed by atoms with E-state index in [4.69, 9.17) is 0 Å². The molecule has 0 spiro atoms. The van der Waals surface area contributed by atoms with Gasteiger partial charge in [-0.25, -0.2) is 0 Å². The summed E-state index contributed by atoms with van der Waals surface area (Å²) in [6.45, 7) is 13.7. The fraction of sp³-hybridized carbons (Fsp3) is 0.667. The van der Waals surface area contributed by atoms with Crippen LogP contribution in [0.25, 0.3) is 0 Å². The molecule has 0 aliphatic rings. The molecule has 0 radical (unpaired) electrons. The highest BCUT2D eigenvalue weighted by Crippen LogP contribution is 2.32. The highest BCUT2D eigenvalue weighted by atomic mass is 15.0. The minimum Gasteiger partial charge on any atom is -0.380 e. The summed E-state index contributed by atoms with van der Waals surface area (Å²) in [6, 6.07) is 9.06. The number of benzene rings is 1. The Kier molecular flexibility index (Phi) is 5.46. The Hall–Kier alpha value is -0.980. The molecule has 0 bridgehead atoms.